The average molecular weight is 207 g/mol. The van der Waals surface area contributed by atoms with Gasteiger partial charge in [-0.05, 0) is 6.08 Å². The first-order valence-electron chi connectivity index (χ1n) is 4.83. The molecule has 3 nitrogen and oxygen atoms in total. The molecule has 0 saturated carbocycles. The fraction of sp³-hybridized carbons (Fsp3) is 0.417. The molecule has 1 atom stereocenters. The van der Waals surface area contributed by atoms with Crippen LogP contribution < -0.4 is 0 Å². The maximum Gasteiger partial charge on any atom is 0.126 e. The molecule has 1 rings (SSSR count). The van der Waals surface area contributed by atoms with E-state index in [9.17, 15) is 0 Å². The highest BCUT2D eigenvalue weighted by molar-refractivity contribution is 5.20. The van der Waals surface area contributed by atoms with Gasteiger partial charge in [0.15, 0.2) is 0 Å². The van der Waals surface area contributed by atoms with Crippen molar-refractivity contribution in [1.29, 1.82) is 0 Å². The van der Waals surface area contributed by atoms with Crippen molar-refractivity contribution in [2.45, 2.75) is 6.42 Å². The van der Waals surface area contributed by atoms with E-state index in [0.29, 0.717) is 11.5 Å². The molecule has 1 heterocycles. The van der Waals surface area contributed by atoms with Crippen molar-refractivity contribution in [3.05, 3.63) is 42.2 Å². The summed E-state index contributed by atoms with van der Waals surface area (Å²) in [5, 5.41) is 8.92. The van der Waals surface area contributed by atoms with Gasteiger partial charge in [0.1, 0.15) is 18.1 Å². The Morgan fingerprint density at radius 3 is 2.73 bits per heavy atom. The zero-order valence-electron chi connectivity index (χ0n) is 9.29. The van der Waals surface area contributed by atoms with Crippen molar-refractivity contribution in [1.82, 2.24) is 4.90 Å². The van der Waals surface area contributed by atoms with Crippen LogP contribution in [0.1, 0.15) is 6.42 Å². The Labute approximate surface area is 90.7 Å². The lowest BCUT2D eigenvalue weighted by molar-refractivity contribution is 0.221. The van der Waals surface area contributed by atoms with Gasteiger partial charge in [-0.25, -0.2) is 0 Å². The van der Waals surface area contributed by atoms with Crippen molar-refractivity contribution >= 4 is 0 Å². The molecule has 1 unspecified atom stereocenters. The minimum Gasteiger partial charge on any atom is -0.464 e. The topological polar surface area (TPSA) is 32.7 Å². The Kier molecular flexibility index (Phi) is 3.78. The highest BCUT2D eigenvalue weighted by Crippen LogP contribution is 2.30. The minimum atomic E-state index is -0.0787. The van der Waals surface area contributed by atoms with Gasteiger partial charge in [0.2, 0.25) is 0 Å². The lowest BCUT2D eigenvalue weighted by atomic mass is 10.0. The summed E-state index contributed by atoms with van der Waals surface area (Å²) in [6.07, 6.45) is 2.64. The van der Waals surface area contributed by atoms with Crippen LogP contribution in [0.2, 0.25) is 0 Å². The molecule has 0 aromatic carbocycles. The predicted molar refractivity (Wildman–Crippen MR) is 59.8 cm³/mol. The van der Waals surface area contributed by atoms with E-state index in [-0.39, 0.29) is 12.5 Å². The lowest BCUT2D eigenvalue weighted by Crippen LogP contribution is -2.13. The molecule has 82 valence electrons. The molecule has 0 aliphatic carbocycles. The molecule has 1 aliphatic heterocycles. The third-order valence-electron chi connectivity index (χ3n) is 2.38. The number of ether oxygens (including phenoxy) is 1. The third-order valence-corrected chi connectivity index (χ3v) is 2.38. The van der Waals surface area contributed by atoms with E-state index in [4.69, 9.17) is 9.84 Å². The monoisotopic (exact) mass is 207 g/mol. The van der Waals surface area contributed by atoms with E-state index in [1.165, 1.54) is 0 Å². The highest BCUT2D eigenvalue weighted by Gasteiger charge is 2.22. The van der Waals surface area contributed by atoms with Gasteiger partial charge in [-0.15, -0.1) is 5.73 Å². The number of aliphatic hydroxyl groups excluding tert-OH is 1. The second-order valence-electron chi connectivity index (χ2n) is 3.69. The molecule has 0 amide bonds. The van der Waals surface area contributed by atoms with E-state index in [1.807, 2.05) is 25.1 Å². The van der Waals surface area contributed by atoms with Crippen molar-refractivity contribution < 1.29 is 9.84 Å². The molecule has 3 heteroatoms. The van der Waals surface area contributed by atoms with Crippen molar-refractivity contribution in [2.24, 2.45) is 5.92 Å². The third kappa shape index (κ3) is 2.75. The van der Waals surface area contributed by atoms with Crippen LogP contribution in [-0.4, -0.2) is 30.7 Å². The van der Waals surface area contributed by atoms with E-state index >= 15 is 0 Å². The van der Waals surface area contributed by atoms with Gasteiger partial charge < -0.3 is 14.7 Å². The Hall–Kier alpha value is -1.44. The van der Waals surface area contributed by atoms with Crippen LogP contribution in [-0.2, 0) is 4.74 Å². The van der Waals surface area contributed by atoms with E-state index in [1.54, 1.807) is 0 Å². The van der Waals surface area contributed by atoms with Crippen LogP contribution in [0.15, 0.2) is 42.2 Å². The summed E-state index contributed by atoms with van der Waals surface area (Å²) in [4.78, 5) is 1.96. The van der Waals surface area contributed by atoms with Gasteiger partial charge in [0.25, 0.3) is 0 Å². The number of allylic oxidation sites excluding steroid dienone is 2. The standard InChI is InChI=1S/C12H17NO2/c1-5-11(13(3)4)6-10-7-12(8-14)15-9(10)2/h7,10,14H,1-2,6,8H2,3-4H3. The summed E-state index contributed by atoms with van der Waals surface area (Å²) >= 11 is 0. The predicted octanol–water partition coefficient (Wildman–Crippen LogP) is 1.64. The van der Waals surface area contributed by atoms with Gasteiger partial charge in [0.05, 0.1) is 5.70 Å². The lowest BCUT2D eigenvalue weighted by Gasteiger charge is -2.17. The quantitative estimate of drug-likeness (QED) is 0.711. The molecule has 0 fully saturated rings. The molecule has 0 aromatic heterocycles. The Morgan fingerprint density at radius 2 is 2.33 bits per heavy atom. The molecule has 0 bridgehead atoms. The first-order valence-corrected chi connectivity index (χ1v) is 4.83. The van der Waals surface area contributed by atoms with E-state index in [2.05, 4.69) is 18.9 Å². The summed E-state index contributed by atoms with van der Waals surface area (Å²) < 4.78 is 5.28. The maximum absolute atomic E-state index is 8.92. The molecule has 1 aliphatic rings. The van der Waals surface area contributed by atoms with E-state index in [0.717, 1.165) is 12.1 Å². The van der Waals surface area contributed by atoms with E-state index < -0.39 is 0 Å². The number of hydrogen-bond acceptors (Lipinski definition) is 3. The summed E-state index contributed by atoms with van der Waals surface area (Å²) in [6, 6.07) is 0. The Morgan fingerprint density at radius 1 is 1.67 bits per heavy atom. The molecule has 0 saturated heterocycles. The van der Waals surface area contributed by atoms with Crippen molar-refractivity contribution in [3.8, 4) is 0 Å². The summed E-state index contributed by atoms with van der Waals surface area (Å²) in [7, 11) is 3.89. The zero-order valence-corrected chi connectivity index (χ0v) is 9.29. The van der Waals surface area contributed by atoms with Crippen molar-refractivity contribution in [3.63, 3.8) is 0 Å². The molecular formula is C12H17NO2. The number of aliphatic hydroxyl groups is 1. The molecule has 0 aromatic rings. The van der Waals surface area contributed by atoms with Crippen LogP contribution in [0.5, 0.6) is 0 Å². The first kappa shape index (κ1) is 11.6. The smallest absolute Gasteiger partial charge is 0.126 e. The Balaban J connectivity index is 2.71. The van der Waals surface area contributed by atoms with Crippen LogP contribution in [0.4, 0.5) is 0 Å². The molecule has 1 N–H and O–H groups in total. The van der Waals surface area contributed by atoms with Gasteiger partial charge in [-0.2, -0.15) is 0 Å². The maximum atomic E-state index is 8.92. The highest BCUT2D eigenvalue weighted by atomic mass is 16.5. The SMILES string of the molecule is C=C=C(CC1C=C(CO)OC1=C)N(C)C. The largest absolute Gasteiger partial charge is 0.464 e. The average Bonchev–Trinajstić information content (AvgIpc) is 2.55. The molecule has 0 spiro atoms. The van der Waals surface area contributed by atoms with Gasteiger partial charge in [-0.3, -0.25) is 0 Å². The fourth-order valence-electron chi connectivity index (χ4n) is 1.47. The second kappa shape index (κ2) is 4.87. The van der Waals surface area contributed by atoms with Gasteiger partial charge in [-0.1, -0.05) is 13.2 Å². The summed E-state index contributed by atoms with van der Waals surface area (Å²) in [5.74, 6) is 1.36. The van der Waals surface area contributed by atoms with Gasteiger partial charge >= 0.3 is 0 Å². The fourth-order valence-corrected chi connectivity index (χ4v) is 1.47. The number of hydrogen-bond donors (Lipinski definition) is 1. The first-order chi connectivity index (χ1) is 7.08. The number of rotatable bonds is 4. The second-order valence-corrected chi connectivity index (χ2v) is 3.69. The van der Waals surface area contributed by atoms with Crippen molar-refractivity contribution in [2.75, 3.05) is 20.7 Å². The zero-order chi connectivity index (χ0) is 11.4. The number of nitrogens with zero attached hydrogens (tertiary/aromatic N) is 1. The van der Waals surface area contributed by atoms with Gasteiger partial charge in [0, 0.05) is 26.4 Å². The van der Waals surface area contributed by atoms with Crippen LogP contribution in [0.25, 0.3) is 0 Å². The molecule has 15 heavy (non-hydrogen) atoms. The summed E-state index contributed by atoms with van der Waals surface area (Å²) in [5.41, 5.74) is 3.89. The summed E-state index contributed by atoms with van der Waals surface area (Å²) in [6.45, 7) is 7.38. The normalized spacial score (nSPS) is 19.3. The molecule has 0 radical (unpaired) electrons. The molecular weight excluding hydrogens is 190 g/mol. The van der Waals surface area contributed by atoms with Crippen LogP contribution in [0, 0.1) is 5.92 Å². The minimum absolute atomic E-state index is 0.0787. The Bertz CT molecular complexity index is 336. The van der Waals surface area contributed by atoms with Crippen LogP contribution in [0.3, 0.4) is 0 Å². The van der Waals surface area contributed by atoms with Crippen LogP contribution >= 0.6 is 0 Å².